The van der Waals surface area contributed by atoms with Gasteiger partial charge in [0.2, 0.25) is 5.91 Å². The lowest BCUT2D eigenvalue weighted by atomic mass is 9.73. The SMILES string of the molecule is Cc1ccc(C2(C(=O)Nc3ccc(C)c(C(=O)O)c3)CCOCC2)cc1. The molecule has 0 saturated carbocycles. The topological polar surface area (TPSA) is 75.6 Å². The lowest BCUT2D eigenvalue weighted by Crippen LogP contribution is -2.44. The van der Waals surface area contributed by atoms with E-state index in [0.29, 0.717) is 37.3 Å². The third kappa shape index (κ3) is 3.48. The molecule has 2 aromatic rings. The Morgan fingerprint density at radius 1 is 1.04 bits per heavy atom. The van der Waals surface area contributed by atoms with E-state index in [2.05, 4.69) is 5.32 Å². The highest BCUT2D eigenvalue weighted by Gasteiger charge is 2.41. The first-order chi connectivity index (χ1) is 12.4. The molecule has 1 heterocycles. The number of hydrogen-bond donors (Lipinski definition) is 2. The largest absolute Gasteiger partial charge is 0.478 e. The molecule has 5 heteroatoms. The van der Waals surface area contributed by atoms with Gasteiger partial charge in [-0.1, -0.05) is 35.9 Å². The molecular formula is C21H23NO4. The molecule has 5 nitrogen and oxygen atoms in total. The molecular weight excluding hydrogens is 330 g/mol. The average molecular weight is 353 g/mol. The van der Waals surface area contributed by atoms with Crippen LogP contribution >= 0.6 is 0 Å². The summed E-state index contributed by atoms with van der Waals surface area (Å²) in [6.07, 6.45) is 1.19. The molecule has 1 aliphatic rings. The average Bonchev–Trinajstić information content (AvgIpc) is 2.64. The molecule has 0 radical (unpaired) electrons. The van der Waals surface area contributed by atoms with Crippen LogP contribution in [0.1, 0.15) is 39.9 Å². The molecule has 0 bridgehead atoms. The molecule has 136 valence electrons. The van der Waals surface area contributed by atoms with Crippen molar-refractivity contribution in [1.29, 1.82) is 0 Å². The van der Waals surface area contributed by atoms with E-state index in [1.54, 1.807) is 19.1 Å². The number of carbonyl (C=O) groups excluding carboxylic acids is 1. The van der Waals surface area contributed by atoms with Gasteiger partial charge in [-0.15, -0.1) is 0 Å². The molecule has 3 rings (SSSR count). The molecule has 0 spiro atoms. The van der Waals surface area contributed by atoms with Crippen molar-refractivity contribution in [3.05, 3.63) is 64.7 Å². The van der Waals surface area contributed by atoms with Gasteiger partial charge in [-0.2, -0.15) is 0 Å². The van der Waals surface area contributed by atoms with Crippen LogP contribution in [0.15, 0.2) is 42.5 Å². The van der Waals surface area contributed by atoms with Crippen molar-refractivity contribution in [1.82, 2.24) is 0 Å². The Morgan fingerprint density at radius 2 is 1.69 bits per heavy atom. The van der Waals surface area contributed by atoms with Crippen LogP contribution in [-0.4, -0.2) is 30.2 Å². The zero-order valence-electron chi connectivity index (χ0n) is 15.0. The van der Waals surface area contributed by atoms with Gasteiger partial charge in [0, 0.05) is 18.9 Å². The molecule has 1 fully saturated rings. The molecule has 2 aromatic carbocycles. The fourth-order valence-electron chi connectivity index (χ4n) is 3.42. The Morgan fingerprint density at radius 3 is 2.31 bits per heavy atom. The Hall–Kier alpha value is -2.66. The minimum atomic E-state index is -1.00. The van der Waals surface area contributed by atoms with E-state index in [1.165, 1.54) is 6.07 Å². The molecule has 0 aromatic heterocycles. The van der Waals surface area contributed by atoms with Crippen molar-refractivity contribution in [2.45, 2.75) is 32.1 Å². The highest BCUT2D eigenvalue weighted by molar-refractivity contribution is 6.00. The van der Waals surface area contributed by atoms with Gasteiger partial charge in [-0.25, -0.2) is 4.79 Å². The van der Waals surface area contributed by atoms with Gasteiger partial charge in [0.15, 0.2) is 0 Å². The lowest BCUT2D eigenvalue weighted by Gasteiger charge is -2.36. The van der Waals surface area contributed by atoms with Gasteiger partial charge >= 0.3 is 5.97 Å². The first-order valence-corrected chi connectivity index (χ1v) is 8.73. The van der Waals surface area contributed by atoms with E-state index in [-0.39, 0.29) is 11.5 Å². The number of nitrogens with one attached hydrogen (secondary N) is 1. The van der Waals surface area contributed by atoms with Crippen LogP contribution in [0.2, 0.25) is 0 Å². The van der Waals surface area contributed by atoms with Crippen LogP contribution in [0.4, 0.5) is 5.69 Å². The third-order valence-corrected chi connectivity index (χ3v) is 5.11. The van der Waals surface area contributed by atoms with E-state index in [9.17, 15) is 14.7 Å². The zero-order valence-corrected chi connectivity index (χ0v) is 15.0. The molecule has 0 aliphatic carbocycles. The van der Waals surface area contributed by atoms with E-state index in [0.717, 1.165) is 11.1 Å². The number of rotatable bonds is 4. The molecule has 26 heavy (non-hydrogen) atoms. The van der Waals surface area contributed by atoms with Crippen LogP contribution < -0.4 is 5.32 Å². The number of ether oxygens (including phenoxy) is 1. The number of amides is 1. The van der Waals surface area contributed by atoms with E-state index in [1.807, 2.05) is 31.2 Å². The Bertz CT molecular complexity index is 820. The zero-order chi connectivity index (χ0) is 18.7. The smallest absolute Gasteiger partial charge is 0.336 e. The molecule has 1 amide bonds. The molecule has 1 aliphatic heterocycles. The van der Waals surface area contributed by atoms with E-state index in [4.69, 9.17) is 4.74 Å². The number of carboxylic acid groups (broad SMARTS) is 1. The summed E-state index contributed by atoms with van der Waals surface area (Å²) >= 11 is 0. The van der Waals surface area contributed by atoms with E-state index < -0.39 is 11.4 Å². The summed E-state index contributed by atoms with van der Waals surface area (Å²) in [7, 11) is 0. The van der Waals surface area contributed by atoms with Gasteiger partial charge in [-0.05, 0) is 49.9 Å². The Balaban J connectivity index is 1.93. The number of benzene rings is 2. The van der Waals surface area contributed by atoms with Crippen molar-refractivity contribution >= 4 is 17.6 Å². The van der Waals surface area contributed by atoms with Gasteiger partial charge in [-0.3, -0.25) is 4.79 Å². The van der Waals surface area contributed by atoms with Crippen LogP contribution in [0, 0.1) is 13.8 Å². The summed E-state index contributed by atoms with van der Waals surface area (Å²) in [6, 6.07) is 13.0. The van der Waals surface area contributed by atoms with Crippen LogP contribution in [0.5, 0.6) is 0 Å². The maximum absolute atomic E-state index is 13.2. The molecule has 0 atom stereocenters. The predicted molar refractivity (Wildman–Crippen MR) is 99.7 cm³/mol. The van der Waals surface area contributed by atoms with Crippen LogP contribution in [0.25, 0.3) is 0 Å². The predicted octanol–water partition coefficient (Wildman–Crippen LogP) is 3.69. The molecule has 0 unspecified atom stereocenters. The summed E-state index contributed by atoms with van der Waals surface area (Å²) in [4.78, 5) is 24.6. The van der Waals surface area contributed by atoms with Crippen LogP contribution in [0.3, 0.4) is 0 Å². The minimum Gasteiger partial charge on any atom is -0.478 e. The fourth-order valence-corrected chi connectivity index (χ4v) is 3.42. The summed E-state index contributed by atoms with van der Waals surface area (Å²) < 4.78 is 5.48. The number of carboxylic acids is 1. The second-order valence-corrected chi connectivity index (χ2v) is 6.85. The van der Waals surface area contributed by atoms with Crippen molar-refractivity contribution < 1.29 is 19.4 Å². The van der Waals surface area contributed by atoms with Gasteiger partial charge in [0.1, 0.15) is 0 Å². The summed E-state index contributed by atoms with van der Waals surface area (Å²) in [6.45, 7) is 4.80. The van der Waals surface area contributed by atoms with E-state index >= 15 is 0 Å². The quantitative estimate of drug-likeness (QED) is 0.879. The Labute approximate surface area is 153 Å². The summed E-state index contributed by atoms with van der Waals surface area (Å²) in [5.41, 5.74) is 2.79. The van der Waals surface area contributed by atoms with Crippen molar-refractivity contribution in [2.75, 3.05) is 18.5 Å². The number of hydrogen-bond acceptors (Lipinski definition) is 3. The minimum absolute atomic E-state index is 0.121. The second kappa shape index (κ2) is 7.30. The standard InChI is InChI=1S/C21H23NO4/c1-14-3-6-16(7-4-14)21(9-11-26-12-10-21)20(25)22-17-8-5-15(2)18(13-17)19(23)24/h3-8,13H,9-12H2,1-2H3,(H,22,25)(H,23,24). The third-order valence-electron chi connectivity index (χ3n) is 5.11. The number of aryl methyl sites for hydroxylation is 2. The van der Waals surface area contributed by atoms with Crippen molar-refractivity contribution in [2.24, 2.45) is 0 Å². The monoisotopic (exact) mass is 353 g/mol. The van der Waals surface area contributed by atoms with Gasteiger partial charge in [0.25, 0.3) is 0 Å². The summed E-state index contributed by atoms with van der Waals surface area (Å²) in [5.74, 6) is -1.12. The van der Waals surface area contributed by atoms with Crippen molar-refractivity contribution in [3.8, 4) is 0 Å². The van der Waals surface area contributed by atoms with Crippen LogP contribution in [-0.2, 0) is 14.9 Å². The van der Waals surface area contributed by atoms with Gasteiger partial charge < -0.3 is 15.2 Å². The molecule has 2 N–H and O–H groups in total. The highest BCUT2D eigenvalue weighted by atomic mass is 16.5. The maximum Gasteiger partial charge on any atom is 0.336 e. The Kier molecular flexibility index (Phi) is 5.09. The summed E-state index contributed by atoms with van der Waals surface area (Å²) in [5, 5.41) is 12.2. The van der Waals surface area contributed by atoms with Crippen molar-refractivity contribution in [3.63, 3.8) is 0 Å². The first-order valence-electron chi connectivity index (χ1n) is 8.73. The second-order valence-electron chi connectivity index (χ2n) is 6.85. The lowest BCUT2D eigenvalue weighted by molar-refractivity contribution is -0.125. The number of anilines is 1. The number of aromatic carboxylic acids is 1. The van der Waals surface area contributed by atoms with Gasteiger partial charge in [0.05, 0.1) is 11.0 Å². The fraction of sp³-hybridized carbons (Fsp3) is 0.333. The highest BCUT2D eigenvalue weighted by Crippen LogP contribution is 2.36. The molecule has 1 saturated heterocycles. The number of carbonyl (C=O) groups is 2. The normalized spacial score (nSPS) is 16.1. The first kappa shape index (κ1) is 18.1. The maximum atomic E-state index is 13.2.